The number of aryl methyl sites for hydroxylation is 1. The van der Waals surface area contributed by atoms with E-state index < -0.39 is 0 Å². The zero-order chi connectivity index (χ0) is 13.8. The van der Waals surface area contributed by atoms with Gasteiger partial charge in [0.15, 0.2) is 0 Å². The number of amides is 2. The minimum absolute atomic E-state index is 0.138. The first-order chi connectivity index (χ1) is 9.08. The van der Waals surface area contributed by atoms with Gasteiger partial charge in [-0.05, 0) is 6.07 Å². The Balaban J connectivity index is 1.99. The van der Waals surface area contributed by atoms with Crippen molar-refractivity contribution in [2.45, 2.75) is 19.4 Å². The van der Waals surface area contributed by atoms with E-state index in [-0.39, 0.29) is 36.1 Å². The van der Waals surface area contributed by atoms with Gasteiger partial charge in [0.05, 0.1) is 0 Å². The van der Waals surface area contributed by atoms with E-state index in [0.29, 0.717) is 12.0 Å². The molecule has 7 heteroatoms. The predicted octanol–water partition coefficient (Wildman–Crippen LogP) is -0.732. The molecule has 2 rings (SSSR count). The summed E-state index contributed by atoms with van der Waals surface area (Å²) in [5, 5.41) is 6.30. The molecule has 1 aliphatic rings. The monoisotopic (exact) mass is 262 g/mol. The number of hydrogen-bond acceptors (Lipinski definition) is 4. The fraction of sp³-hybridized carbons (Fsp3) is 0.333. The molecule has 0 unspecified atom stereocenters. The fourth-order valence-corrected chi connectivity index (χ4v) is 1.70. The van der Waals surface area contributed by atoms with Gasteiger partial charge in [0.2, 0.25) is 5.91 Å². The Morgan fingerprint density at radius 2 is 2.26 bits per heavy atom. The average Bonchev–Trinajstić information content (AvgIpc) is 2.41. The van der Waals surface area contributed by atoms with Crippen molar-refractivity contribution in [1.82, 2.24) is 15.3 Å². The highest BCUT2D eigenvalue weighted by Gasteiger charge is 2.18. The summed E-state index contributed by atoms with van der Waals surface area (Å²) in [6.45, 7) is 0.138. The average molecular weight is 262 g/mol. The third kappa shape index (κ3) is 3.06. The van der Waals surface area contributed by atoms with Crippen LogP contribution in [0.25, 0.3) is 0 Å². The third-order valence-electron chi connectivity index (χ3n) is 2.81. The summed E-state index contributed by atoms with van der Waals surface area (Å²) < 4.78 is 1.44. The first kappa shape index (κ1) is 13.0. The van der Waals surface area contributed by atoms with Gasteiger partial charge in [-0.2, -0.15) is 5.10 Å². The summed E-state index contributed by atoms with van der Waals surface area (Å²) in [7, 11) is 1.65. The molecule has 0 aromatic carbocycles. The Morgan fingerprint density at radius 1 is 1.47 bits per heavy atom. The number of nitrogens with zero attached hydrogens (tertiary/aromatic N) is 2. The van der Waals surface area contributed by atoms with E-state index in [1.54, 1.807) is 25.4 Å². The molecule has 0 aliphatic carbocycles. The lowest BCUT2D eigenvalue weighted by molar-refractivity contribution is -0.121. The van der Waals surface area contributed by atoms with Crippen molar-refractivity contribution >= 4 is 17.5 Å². The van der Waals surface area contributed by atoms with Gasteiger partial charge in [0, 0.05) is 38.2 Å². The van der Waals surface area contributed by atoms with E-state index in [0.717, 1.165) is 0 Å². The molecule has 0 saturated carbocycles. The third-order valence-corrected chi connectivity index (χ3v) is 2.81. The van der Waals surface area contributed by atoms with E-state index in [2.05, 4.69) is 15.8 Å². The van der Waals surface area contributed by atoms with Crippen molar-refractivity contribution in [2.24, 2.45) is 12.1 Å². The van der Waals surface area contributed by atoms with Gasteiger partial charge >= 0.3 is 0 Å². The lowest BCUT2D eigenvalue weighted by atomic mass is 10.1. The molecule has 1 aromatic heterocycles. The molecule has 0 atom stereocenters. The van der Waals surface area contributed by atoms with Crippen molar-refractivity contribution in [3.63, 3.8) is 0 Å². The van der Waals surface area contributed by atoms with E-state index in [1.807, 2.05) is 0 Å². The summed E-state index contributed by atoms with van der Waals surface area (Å²) >= 11 is 0. The molecule has 0 bridgehead atoms. The largest absolute Gasteiger partial charge is 0.347 e. The minimum Gasteiger partial charge on any atom is -0.347 e. The molecule has 0 radical (unpaired) electrons. The van der Waals surface area contributed by atoms with Crippen LogP contribution in [0.2, 0.25) is 0 Å². The maximum absolute atomic E-state index is 11.8. The molecule has 0 fully saturated rings. The molecule has 2 heterocycles. The number of carbonyl (C=O) groups is 2. The molecule has 19 heavy (non-hydrogen) atoms. The van der Waals surface area contributed by atoms with E-state index in [4.69, 9.17) is 0 Å². The molecular weight excluding hydrogens is 248 g/mol. The van der Waals surface area contributed by atoms with Crippen molar-refractivity contribution in [3.05, 3.63) is 34.2 Å². The fourth-order valence-electron chi connectivity index (χ4n) is 1.70. The van der Waals surface area contributed by atoms with Crippen molar-refractivity contribution < 1.29 is 9.59 Å². The van der Waals surface area contributed by atoms with E-state index in [9.17, 15) is 14.4 Å². The predicted molar refractivity (Wildman–Crippen MR) is 68.3 cm³/mol. The molecule has 100 valence electrons. The van der Waals surface area contributed by atoms with Crippen LogP contribution in [0.3, 0.4) is 0 Å². The van der Waals surface area contributed by atoms with Crippen LogP contribution in [0.15, 0.2) is 28.2 Å². The first-order valence-electron chi connectivity index (χ1n) is 5.86. The SMILES string of the molecule is Cn1cccc(CNC(=O)C2=NNC(=O)CC2)c1=O. The lowest BCUT2D eigenvalue weighted by Crippen LogP contribution is -2.37. The normalized spacial score (nSPS) is 14.6. The zero-order valence-corrected chi connectivity index (χ0v) is 10.5. The van der Waals surface area contributed by atoms with Crippen molar-refractivity contribution in [2.75, 3.05) is 0 Å². The Bertz CT molecular complexity index is 603. The standard InChI is InChI=1S/C12H14N4O3/c1-16-6-2-3-8(12(16)19)7-13-11(18)9-4-5-10(17)15-14-9/h2-3,6H,4-5,7H2,1H3,(H,13,18)(H,15,17). The van der Waals surface area contributed by atoms with Gasteiger partial charge in [0.25, 0.3) is 11.5 Å². The molecule has 2 amide bonds. The van der Waals surface area contributed by atoms with Gasteiger partial charge < -0.3 is 9.88 Å². The number of pyridine rings is 1. The smallest absolute Gasteiger partial charge is 0.267 e. The van der Waals surface area contributed by atoms with Crippen LogP contribution < -0.4 is 16.3 Å². The summed E-state index contributed by atoms with van der Waals surface area (Å²) in [6.07, 6.45) is 2.21. The quantitative estimate of drug-likeness (QED) is 0.752. The topological polar surface area (TPSA) is 92.6 Å². The van der Waals surface area contributed by atoms with Crippen molar-refractivity contribution in [3.8, 4) is 0 Å². The Labute approximate surface area is 109 Å². The van der Waals surface area contributed by atoms with Crippen LogP contribution in [0.5, 0.6) is 0 Å². The van der Waals surface area contributed by atoms with Crippen LogP contribution in [-0.2, 0) is 23.2 Å². The van der Waals surface area contributed by atoms with Crippen LogP contribution >= 0.6 is 0 Å². The van der Waals surface area contributed by atoms with Gasteiger partial charge in [-0.25, -0.2) is 5.43 Å². The number of hydrazone groups is 1. The molecule has 1 aromatic rings. The highest BCUT2D eigenvalue weighted by Crippen LogP contribution is 2.00. The molecule has 0 saturated heterocycles. The van der Waals surface area contributed by atoms with Gasteiger partial charge in [-0.3, -0.25) is 14.4 Å². The van der Waals surface area contributed by atoms with Crippen LogP contribution in [0.4, 0.5) is 0 Å². The van der Waals surface area contributed by atoms with E-state index in [1.165, 1.54) is 4.57 Å². The van der Waals surface area contributed by atoms with Gasteiger partial charge in [-0.15, -0.1) is 0 Å². The molecule has 2 N–H and O–H groups in total. The minimum atomic E-state index is -0.370. The highest BCUT2D eigenvalue weighted by molar-refractivity contribution is 6.39. The summed E-state index contributed by atoms with van der Waals surface area (Å²) in [5.74, 6) is -0.570. The molecule has 7 nitrogen and oxygen atoms in total. The maximum Gasteiger partial charge on any atom is 0.267 e. The highest BCUT2D eigenvalue weighted by atomic mass is 16.2. The second-order valence-corrected chi connectivity index (χ2v) is 4.23. The number of hydrogen-bond donors (Lipinski definition) is 2. The Morgan fingerprint density at radius 3 is 2.95 bits per heavy atom. The molecule has 1 aliphatic heterocycles. The number of rotatable bonds is 3. The Hall–Kier alpha value is -2.44. The lowest BCUT2D eigenvalue weighted by Gasteiger charge is -2.12. The van der Waals surface area contributed by atoms with Gasteiger partial charge in [0.1, 0.15) is 5.71 Å². The maximum atomic E-state index is 11.8. The first-order valence-corrected chi connectivity index (χ1v) is 5.86. The zero-order valence-electron chi connectivity index (χ0n) is 10.5. The van der Waals surface area contributed by atoms with E-state index >= 15 is 0 Å². The summed E-state index contributed by atoms with van der Waals surface area (Å²) in [6, 6.07) is 3.40. The number of aromatic nitrogens is 1. The van der Waals surface area contributed by atoms with Crippen LogP contribution in [0.1, 0.15) is 18.4 Å². The number of carbonyl (C=O) groups excluding carboxylic acids is 2. The second-order valence-electron chi connectivity index (χ2n) is 4.23. The Kier molecular flexibility index (Phi) is 3.74. The van der Waals surface area contributed by atoms with Crippen LogP contribution in [-0.4, -0.2) is 22.1 Å². The van der Waals surface area contributed by atoms with Crippen LogP contribution in [0, 0.1) is 0 Å². The van der Waals surface area contributed by atoms with Gasteiger partial charge in [-0.1, -0.05) is 6.07 Å². The summed E-state index contributed by atoms with van der Waals surface area (Å²) in [5.41, 5.74) is 2.87. The van der Waals surface area contributed by atoms with Crippen molar-refractivity contribution in [1.29, 1.82) is 0 Å². The second kappa shape index (κ2) is 5.47. The number of nitrogens with one attached hydrogen (secondary N) is 2. The summed E-state index contributed by atoms with van der Waals surface area (Å²) in [4.78, 5) is 34.4. The molecule has 0 spiro atoms. The molecular formula is C12H14N4O3.